The van der Waals surface area contributed by atoms with Crippen LogP contribution in [0.15, 0.2) is 53.2 Å². The van der Waals surface area contributed by atoms with Gasteiger partial charge < -0.3 is 4.52 Å². The number of aromatic amines is 1. The van der Waals surface area contributed by atoms with E-state index >= 15 is 0 Å². The van der Waals surface area contributed by atoms with Gasteiger partial charge in [-0.25, -0.2) is 0 Å². The van der Waals surface area contributed by atoms with E-state index in [1.165, 1.54) is 11.1 Å². The summed E-state index contributed by atoms with van der Waals surface area (Å²) in [7, 11) is 0. The number of benzene rings is 2. The van der Waals surface area contributed by atoms with Gasteiger partial charge in [0.05, 0.1) is 17.3 Å². The number of nitrogens with zero attached hydrogens (tertiary/aromatic N) is 3. The van der Waals surface area contributed by atoms with Crippen LogP contribution in [0.2, 0.25) is 0 Å². The number of aryl methyl sites for hydroxylation is 1. The fourth-order valence-corrected chi connectivity index (χ4v) is 2.48. The maximum Gasteiger partial charge on any atom is 0.258 e. The Bertz CT molecular complexity index is 921. The highest BCUT2D eigenvalue weighted by Gasteiger charge is 2.13. The van der Waals surface area contributed by atoms with Crippen molar-refractivity contribution in [1.29, 1.82) is 0 Å². The van der Waals surface area contributed by atoms with E-state index in [1.807, 2.05) is 18.2 Å². The summed E-state index contributed by atoms with van der Waals surface area (Å²) >= 11 is 0. The molecule has 0 unspecified atom stereocenters. The van der Waals surface area contributed by atoms with E-state index in [9.17, 15) is 0 Å². The third-order valence-corrected chi connectivity index (χ3v) is 3.67. The lowest BCUT2D eigenvalue weighted by Crippen LogP contribution is -1.90. The van der Waals surface area contributed by atoms with Gasteiger partial charge in [-0.05, 0) is 24.6 Å². The standard InChI is InChI=1S/C17H14N4O/c1-11-5-7-12(8-6-11)9-16-19-17(22-21-16)13-3-2-4-15-14(13)10-18-20-15/h2-8,10H,9H2,1H3,(H,18,20). The zero-order valence-corrected chi connectivity index (χ0v) is 12.1. The number of nitrogens with one attached hydrogen (secondary N) is 1. The van der Waals surface area contributed by atoms with Crippen LogP contribution in [-0.2, 0) is 6.42 Å². The monoisotopic (exact) mass is 290 g/mol. The first-order chi connectivity index (χ1) is 10.8. The first-order valence-electron chi connectivity index (χ1n) is 7.10. The lowest BCUT2D eigenvalue weighted by atomic mass is 10.1. The molecule has 0 aliphatic carbocycles. The minimum Gasteiger partial charge on any atom is -0.334 e. The van der Waals surface area contributed by atoms with E-state index in [4.69, 9.17) is 4.52 Å². The van der Waals surface area contributed by atoms with Crippen molar-refractivity contribution in [3.63, 3.8) is 0 Å². The summed E-state index contributed by atoms with van der Waals surface area (Å²) in [5.74, 6) is 1.20. The smallest absolute Gasteiger partial charge is 0.258 e. The number of rotatable bonds is 3. The Morgan fingerprint density at radius 3 is 2.82 bits per heavy atom. The van der Waals surface area contributed by atoms with Gasteiger partial charge in [0.25, 0.3) is 5.89 Å². The molecule has 5 heteroatoms. The van der Waals surface area contributed by atoms with Gasteiger partial charge in [-0.1, -0.05) is 41.1 Å². The molecule has 0 aliphatic heterocycles. The van der Waals surface area contributed by atoms with E-state index in [0.717, 1.165) is 16.5 Å². The van der Waals surface area contributed by atoms with Gasteiger partial charge in [0.15, 0.2) is 5.82 Å². The number of hydrogen-bond acceptors (Lipinski definition) is 4. The van der Waals surface area contributed by atoms with Crippen molar-refractivity contribution in [2.24, 2.45) is 0 Å². The Morgan fingerprint density at radius 2 is 1.95 bits per heavy atom. The van der Waals surface area contributed by atoms with Crippen molar-refractivity contribution < 1.29 is 4.52 Å². The first-order valence-corrected chi connectivity index (χ1v) is 7.10. The molecule has 22 heavy (non-hydrogen) atoms. The van der Waals surface area contributed by atoms with Gasteiger partial charge in [0.1, 0.15) is 0 Å². The molecule has 0 amide bonds. The third kappa shape index (κ3) is 2.26. The fraction of sp³-hybridized carbons (Fsp3) is 0.118. The number of fused-ring (bicyclic) bond motifs is 1. The minimum atomic E-state index is 0.522. The minimum absolute atomic E-state index is 0.522. The molecule has 2 heterocycles. The zero-order valence-electron chi connectivity index (χ0n) is 12.1. The highest BCUT2D eigenvalue weighted by Crippen LogP contribution is 2.26. The largest absolute Gasteiger partial charge is 0.334 e. The Balaban J connectivity index is 1.66. The van der Waals surface area contributed by atoms with Crippen molar-refractivity contribution in [2.75, 3.05) is 0 Å². The highest BCUT2D eigenvalue weighted by atomic mass is 16.5. The lowest BCUT2D eigenvalue weighted by molar-refractivity contribution is 0.424. The molecular formula is C17H14N4O. The van der Waals surface area contributed by atoms with Crippen LogP contribution in [-0.4, -0.2) is 20.3 Å². The van der Waals surface area contributed by atoms with Gasteiger partial charge in [-0.2, -0.15) is 10.1 Å². The van der Waals surface area contributed by atoms with Gasteiger partial charge in [-0.3, -0.25) is 5.10 Å². The highest BCUT2D eigenvalue weighted by molar-refractivity contribution is 5.91. The van der Waals surface area contributed by atoms with Crippen LogP contribution in [0.25, 0.3) is 22.4 Å². The molecule has 0 saturated heterocycles. The summed E-state index contributed by atoms with van der Waals surface area (Å²) < 4.78 is 5.42. The van der Waals surface area contributed by atoms with Crippen molar-refractivity contribution in [2.45, 2.75) is 13.3 Å². The predicted molar refractivity (Wildman–Crippen MR) is 83.4 cm³/mol. The molecule has 5 nitrogen and oxygen atoms in total. The van der Waals surface area contributed by atoms with Gasteiger partial charge in [-0.15, -0.1) is 0 Å². The quantitative estimate of drug-likeness (QED) is 0.627. The zero-order chi connectivity index (χ0) is 14.9. The Labute approximate surface area is 127 Å². The predicted octanol–water partition coefficient (Wildman–Crippen LogP) is 3.51. The molecule has 2 aromatic heterocycles. The van der Waals surface area contributed by atoms with E-state index in [2.05, 4.69) is 51.5 Å². The second-order valence-electron chi connectivity index (χ2n) is 5.31. The summed E-state index contributed by atoms with van der Waals surface area (Å²) in [5, 5.41) is 12.1. The van der Waals surface area contributed by atoms with Crippen LogP contribution in [0.4, 0.5) is 0 Å². The van der Waals surface area contributed by atoms with Crippen LogP contribution in [0.3, 0.4) is 0 Å². The third-order valence-electron chi connectivity index (χ3n) is 3.67. The molecule has 1 N–H and O–H groups in total. The average molecular weight is 290 g/mol. The first kappa shape index (κ1) is 12.8. The van der Waals surface area contributed by atoms with E-state index in [1.54, 1.807) is 6.20 Å². The normalized spacial score (nSPS) is 11.1. The van der Waals surface area contributed by atoms with Crippen molar-refractivity contribution in [3.05, 3.63) is 65.6 Å². The molecule has 2 aromatic carbocycles. The van der Waals surface area contributed by atoms with E-state index < -0.39 is 0 Å². The average Bonchev–Trinajstić information content (AvgIpc) is 3.18. The summed E-state index contributed by atoms with van der Waals surface area (Å²) in [6.45, 7) is 2.07. The second kappa shape index (κ2) is 5.11. The fourth-order valence-electron chi connectivity index (χ4n) is 2.48. The summed E-state index contributed by atoms with van der Waals surface area (Å²) in [4.78, 5) is 4.51. The molecular weight excluding hydrogens is 276 g/mol. The second-order valence-corrected chi connectivity index (χ2v) is 5.31. The van der Waals surface area contributed by atoms with Crippen molar-refractivity contribution in [1.82, 2.24) is 20.3 Å². The molecule has 0 bridgehead atoms. The van der Waals surface area contributed by atoms with Crippen LogP contribution in [0.1, 0.15) is 17.0 Å². The summed E-state index contributed by atoms with van der Waals surface area (Å²) in [6.07, 6.45) is 2.43. The molecule has 108 valence electrons. The summed E-state index contributed by atoms with van der Waals surface area (Å²) in [6, 6.07) is 14.2. The lowest BCUT2D eigenvalue weighted by Gasteiger charge is -1.97. The van der Waals surface area contributed by atoms with Crippen LogP contribution >= 0.6 is 0 Å². The van der Waals surface area contributed by atoms with E-state index in [-0.39, 0.29) is 0 Å². The van der Waals surface area contributed by atoms with Crippen molar-refractivity contribution in [3.8, 4) is 11.5 Å². The maximum absolute atomic E-state index is 5.42. The Kier molecular flexibility index (Phi) is 2.96. The van der Waals surface area contributed by atoms with Gasteiger partial charge >= 0.3 is 0 Å². The SMILES string of the molecule is Cc1ccc(Cc2noc(-c3cccc4[nH]ncc34)n2)cc1. The van der Waals surface area contributed by atoms with Crippen LogP contribution in [0.5, 0.6) is 0 Å². The number of aromatic nitrogens is 4. The molecule has 4 aromatic rings. The molecule has 0 atom stereocenters. The molecule has 4 rings (SSSR count). The maximum atomic E-state index is 5.42. The Hall–Kier alpha value is -2.95. The molecule has 0 saturated carbocycles. The number of hydrogen-bond donors (Lipinski definition) is 1. The topological polar surface area (TPSA) is 67.6 Å². The number of H-pyrrole nitrogens is 1. The van der Waals surface area contributed by atoms with Crippen LogP contribution in [0, 0.1) is 6.92 Å². The molecule has 0 spiro atoms. The van der Waals surface area contributed by atoms with E-state index in [0.29, 0.717) is 18.1 Å². The van der Waals surface area contributed by atoms with Gasteiger partial charge in [0.2, 0.25) is 0 Å². The van der Waals surface area contributed by atoms with Crippen LogP contribution < -0.4 is 0 Å². The van der Waals surface area contributed by atoms with Crippen molar-refractivity contribution >= 4 is 10.9 Å². The molecule has 0 aliphatic rings. The molecule has 0 radical (unpaired) electrons. The summed E-state index contributed by atoms with van der Waals surface area (Å²) in [5.41, 5.74) is 4.26. The van der Waals surface area contributed by atoms with Gasteiger partial charge in [0, 0.05) is 11.8 Å². The Morgan fingerprint density at radius 1 is 1.09 bits per heavy atom. The molecule has 0 fully saturated rings.